The summed E-state index contributed by atoms with van der Waals surface area (Å²) in [5, 5.41) is 2.70. The van der Waals surface area contributed by atoms with Crippen LogP contribution in [-0.2, 0) is 4.74 Å². The highest BCUT2D eigenvalue weighted by molar-refractivity contribution is 7.98. The molecule has 0 radical (unpaired) electrons. The first kappa shape index (κ1) is 19.7. The van der Waals surface area contributed by atoms with Gasteiger partial charge in [0.2, 0.25) is 0 Å². The molecule has 1 saturated heterocycles. The van der Waals surface area contributed by atoms with Gasteiger partial charge in [-0.15, -0.1) is 0 Å². The Morgan fingerprint density at radius 1 is 0.621 bits per heavy atom. The minimum absolute atomic E-state index is 0.327. The van der Waals surface area contributed by atoms with Gasteiger partial charge in [0.05, 0.1) is 6.61 Å². The van der Waals surface area contributed by atoms with E-state index in [1.54, 1.807) is 36.4 Å². The molecule has 5 heteroatoms. The van der Waals surface area contributed by atoms with Crippen molar-refractivity contribution in [1.82, 2.24) is 0 Å². The molecule has 4 rings (SSSR count). The summed E-state index contributed by atoms with van der Waals surface area (Å²) in [5.74, 6) is 2.02. The third-order valence-electron chi connectivity index (χ3n) is 5.14. The maximum absolute atomic E-state index is 13.7. The summed E-state index contributed by atoms with van der Waals surface area (Å²) >= 11 is 0. The molecule has 1 heterocycles. The molecule has 0 N–H and O–H groups in total. The number of ether oxygens (including phenoxy) is 1. The second kappa shape index (κ2) is 8.42. The van der Waals surface area contributed by atoms with E-state index < -0.39 is 7.26 Å². The smallest absolute Gasteiger partial charge is 0.140 e. The number of allylic oxidation sites excluding steroid dienone is 1. The van der Waals surface area contributed by atoms with Gasteiger partial charge >= 0.3 is 0 Å². The van der Waals surface area contributed by atoms with E-state index >= 15 is 0 Å². The van der Waals surface area contributed by atoms with Crippen LogP contribution in [0.5, 0.6) is 0 Å². The van der Waals surface area contributed by atoms with E-state index in [4.69, 9.17) is 4.74 Å². The van der Waals surface area contributed by atoms with Gasteiger partial charge in [0.15, 0.2) is 0 Å². The lowest BCUT2D eigenvalue weighted by Gasteiger charge is -2.26. The Bertz CT molecular complexity index is 877. The van der Waals surface area contributed by atoms with Crippen molar-refractivity contribution >= 4 is 23.2 Å². The van der Waals surface area contributed by atoms with Crippen LogP contribution < -0.4 is 15.9 Å². The number of hydrogen-bond donors (Lipinski definition) is 0. The molecule has 29 heavy (non-hydrogen) atoms. The Kier molecular flexibility index (Phi) is 5.73. The number of benzene rings is 3. The highest BCUT2D eigenvalue weighted by atomic mass is 31.2. The molecule has 0 amide bonds. The summed E-state index contributed by atoms with van der Waals surface area (Å²) < 4.78 is 47.1. The summed E-state index contributed by atoms with van der Waals surface area (Å²) in [6, 6.07) is 19.1. The highest BCUT2D eigenvalue weighted by Gasteiger charge is 2.45. The first-order chi connectivity index (χ1) is 14.1. The van der Waals surface area contributed by atoms with Crippen LogP contribution in [0.2, 0.25) is 0 Å². The Morgan fingerprint density at radius 3 is 1.38 bits per heavy atom. The van der Waals surface area contributed by atoms with E-state index in [1.165, 1.54) is 36.4 Å². The van der Waals surface area contributed by atoms with Gasteiger partial charge in [-0.3, -0.25) is 0 Å². The summed E-state index contributed by atoms with van der Waals surface area (Å²) in [6.45, 7) is 0.655. The third-order valence-corrected chi connectivity index (χ3v) is 9.16. The molecule has 0 unspecified atom stereocenters. The monoisotopic (exact) mass is 413 g/mol. The van der Waals surface area contributed by atoms with Crippen molar-refractivity contribution in [2.75, 3.05) is 6.61 Å². The number of rotatable bonds is 4. The molecule has 0 aliphatic carbocycles. The summed E-state index contributed by atoms with van der Waals surface area (Å²) in [5.41, 5.74) is 0. The third kappa shape index (κ3) is 4.09. The zero-order chi connectivity index (χ0) is 20.3. The molecule has 0 spiro atoms. The molecular formula is C24H21F3OP+. The van der Waals surface area contributed by atoms with Gasteiger partial charge in [-0.25, -0.2) is 13.2 Å². The second-order valence-corrected chi connectivity index (χ2v) is 10.3. The molecule has 0 saturated carbocycles. The van der Waals surface area contributed by atoms with Gasteiger partial charge < -0.3 is 4.74 Å². The van der Waals surface area contributed by atoms with E-state index in [-0.39, 0.29) is 17.5 Å². The summed E-state index contributed by atoms with van der Waals surface area (Å²) in [7, 11) is -2.47. The Balaban J connectivity index is 2.01. The van der Waals surface area contributed by atoms with Crippen LogP contribution in [0, 0.1) is 17.5 Å². The zero-order valence-corrected chi connectivity index (χ0v) is 16.7. The molecule has 0 bridgehead atoms. The van der Waals surface area contributed by atoms with E-state index in [9.17, 15) is 13.2 Å². The lowest BCUT2D eigenvalue weighted by molar-refractivity contribution is 0.167. The fourth-order valence-corrected chi connectivity index (χ4v) is 7.53. The van der Waals surface area contributed by atoms with Crippen molar-refractivity contribution in [2.45, 2.75) is 19.3 Å². The second-order valence-electron chi connectivity index (χ2n) is 7.05. The molecule has 0 aromatic heterocycles. The van der Waals surface area contributed by atoms with Gasteiger partial charge in [0.25, 0.3) is 0 Å². The molecular weight excluding hydrogens is 392 g/mol. The lowest BCUT2D eigenvalue weighted by Crippen LogP contribution is -2.30. The summed E-state index contributed by atoms with van der Waals surface area (Å²) in [4.78, 5) is 0. The zero-order valence-electron chi connectivity index (χ0n) is 15.8. The van der Waals surface area contributed by atoms with Crippen molar-refractivity contribution in [3.63, 3.8) is 0 Å². The van der Waals surface area contributed by atoms with Crippen LogP contribution >= 0.6 is 7.26 Å². The number of hydrogen-bond acceptors (Lipinski definition) is 1. The van der Waals surface area contributed by atoms with Crippen molar-refractivity contribution < 1.29 is 17.9 Å². The maximum Gasteiger partial charge on any atom is 0.140 e. The predicted molar refractivity (Wildman–Crippen MR) is 113 cm³/mol. The topological polar surface area (TPSA) is 9.23 Å². The van der Waals surface area contributed by atoms with E-state index in [2.05, 4.69) is 5.82 Å². The van der Waals surface area contributed by atoms with E-state index in [0.717, 1.165) is 40.9 Å². The molecule has 1 fully saturated rings. The molecule has 1 aliphatic rings. The van der Waals surface area contributed by atoms with E-state index in [1.807, 2.05) is 0 Å². The standard InChI is InChI=1S/C24H21F3OP/c25-18-4-10-22(11-5-18)29(17-21-3-1-2-16-28-21,23-12-6-19(26)7-13-23)24-14-8-20(27)9-15-24/h4-15,17H,1-3,16H2/q+1. The Morgan fingerprint density at radius 2 is 1.03 bits per heavy atom. The molecule has 1 aliphatic heterocycles. The summed E-state index contributed by atoms with van der Waals surface area (Å²) in [6.07, 6.45) is 2.85. The SMILES string of the molecule is Fc1ccc([P+](C=C2CCCCO2)(c2ccc(F)cc2)c2ccc(F)cc2)cc1. The fourth-order valence-electron chi connectivity index (χ4n) is 3.69. The van der Waals surface area contributed by atoms with Gasteiger partial charge in [0, 0.05) is 6.42 Å². The van der Waals surface area contributed by atoms with Crippen LogP contribution in [0.1, 0.15) is 19.3 Å². The van der Waals surface area contributed by atoms with Gasteiger partial charge in [0.1, 0.15) is 52.2 Å². The average molecular weight is 413 g/mol. The average Bonchev–Trinajstić information content (AvgIpc) is 2.75. The molecule has 3 aromatic rings. The Hall–Kier alpha value is -2.58. The fraction of sp³-hybridized carbons (Fsp3) is 0.167. The van der Waals surface area contributed by atoms with Gasteiger partial charge in [-0.2, -0.15) is 0 Å². The van der Waals surface area contributed by atoms with E-state index in [0.29, 0.717) is 6.61 Å². The predicted octanol–water partition coefficient (Wildman–Crippen LogP) is 5.44. The van der Waals surface area contributed by atoms with Crippen molar-refractivity contribution in [2.24, 2.45) is 0 Å². The van der Waals surface area contributed by atoms with Crippen LogP contribution in [0.4, 0.5) is 13.2 Å². The molecule has 1 nitrogen and oxygen atoms in total. The normalized spacial score (nSPS) is 15.9. The maximum atomic E-state index is 13.7. The van der Waals surface area contributed by atoms with Crippen LogP contribution in [-0.4, -0.2) is 6.61 Å². The first-order valence-electron chi connectivity index (χ1n) is 9.60. The van der Waals surface area contributed by atoms with Gasteiger partial charge in [-0.05, 0) is 85.6 Å². The van der Waals surface area contributed by atoms with Crippen molar-refractivity contribution in [3.05, 3.63) is 102 Å². The molecule has 3 aromatic carbocycles. The van der Waals surface area contributed by atoms with Crippen LogP contribution in [0.25, 0.3) is 0 Å². The Labute approximate surface area is 169 Å². The van der Waals surface area contributed by atoms with Crippen LogP contribution in [0.3, 0.4) is 0 Å². The highest BCUT2D eigenvalue weighted by Crippen LogP contribution is 2.58. The number of halogens is 3. The molecule has 0 atom stereocenters. The van der Waals surface area contributed by atoms with Crippen molar-refractivity contribution in [3.8, 4) is 0 Å². The molecule has 148 valence electrons. The van der Waals surface area contributed by atoms with Crippen molar-refractivity contribution in [1.29, 1.82) is 0 Å². The van der Waals surface area contributed by atoms with Gasteiger partial charge in [-0.1, -0.05) is 0 Å². The minimum Gasteiger partial charge on any atom is -0.494 e. The largest absolute Gasteiger partial charge is 0.494 e. The lowest BCUT2D eigenvalue weighted by atomic mass is 10.2. The first-order valence-corrected chi connectivity index (χ1v) is 11.5. The minimum atomic E-state index is -2.47. The van der Waals surface area contributed by atoms with Crippen LogP contribution in [0.15, 0.2) is 84.4 Å². The quantitative estimate of drug-likeness (QED) is 0.518.